The van der Waals surface area contributed by atoms with Crippen molar-refractivity contribution in [2.24, 2.45) is 0 Å². The van der Waals surface area contributed by atoms with Crippen LogP contribution in [-0.2, 0) is 11.2 Å². The fourth-order valence-corrected chi connectivity index (χ4v) is 3.21. The zero-order chi connectivity index (χ0) is 13.9. The summed E-state index contributed by atoms with van der Waals surface area (Å²) in [6.45, 7) is 2.75. The topological polar surface area (TPSA) is 59.0 Å². The lowest BCUT2D eigenvalue weighted by Crippen LogP contribution is -2.32. The molecule has 1 saturated heterocycles. The van der Waals surface area contributed by atoms with Gasteiger partial charge in [0.2, 0.25) is 5.91 Å². The molecule has 0 N–H and O–H groups in total. The Kier molecular flexibility index (Phi) is 3.73. The van der Waals surface area contributed by atoms with Gasteiger partial charge in [-0.25, -0.2) is 4.98 Å². The predicted molar refractivity (Wildman–Crippen MR) is 76.3 cm³/mol. The van der Waals surface area contributed by atoms with E-state index >= 15 is 0 Å². The molecule has 1 atom stereocenters. The maximum absolute atomic E-state index is 12.5. The van der Waals surface area contributed by atoms with Crippen LogP contribution in [0.25, 0.3) is 0 Å². The fraction of sp³-hybridized carbons (Fsp3) is 0.429. The molecule has 0 aromatic carbocycles. The Balaban J connectivity index is 1.73. The standard InChI is InChI=1S/C14H16N4OS/c1-10-17-11(9-20-10)7-14(19)18-6-2-3-13(18)12-8-15-4-5-16-12/h4-5,8-9,13H,2-3,6-7H2,1H3/t13-/m0/s1. The van der Waals surface area contributed by atoms with Crippen molar-refractivity contribution in [3.8, 4) is 0 Å². The second kappa shape index (κ2) is 5.66. The lowest BCUT2D eigenvalue weighted by molar-refractivity contribution is -0.131. The first-order valence-electron chi connectivity index (χ1n) is 6.70. The summed E-state index contributed by atoms with van der Waals surface area (Å²) in [6, 6.07) is 0.0657. The van der Waals surface area contributed by atoms with Crippen molar-refractivity contribution in [1.29, 1.82) is 0 Å². The van der Waals surface area contributed by atoms with Crippen LogP contribution in [0.15, 0.2) is 24.0 Å². The lowest BCUT2D eigenvalue weighted by Gasteiger charge is -2.23. The highest BCUT2D eigenvalue weighted by molar-refractivity contribution is 7.09. The second-order valence-electron chi connectivity index (χ2n) is 4.91. The monoisotopic (exact) mass is 288 g/mol. The van der Waals surface area contributed by atoms with E-state index in [0.717, 1.165) is 35.8 Å². The van der Waals surface area contributed by atoms with Gasteiger partial charge in [0.1, 0.15) is 0 Å². The minimum Gasteiger partial charge on any atom is -0.334 e. The minimum atomic E-state index is 0.0657. The van der Waals surface area contributed by atoms with Gasteiger partial charge < -0.3 is 4.90 Å². The molecule has 5 nitrogen and oxygen atoms in total. The Hall–Kier alpha value is -1.82. The van der Waals surface area contributed by atoms with E-state index in [4.69, 9.17) is 0 Å². The molecule has 104 valence electrons. The van der Waals surface area contributed by atoms with E-state index in [0.29, 0.717) is 6.42 Å². The van der Waals surface area contributed by atoms with Crippen LogP contribution in [0.1, 0.15) is 35.3 Å². The van der Waals surface area contributed by atoms with Crippen molar-refractivity contribution >= 4 is 17.2 Å². The highest BCUT2D eigenvalue weighted by Crippen LogP contribution is 2.30. The summed E-state index contributed by atoms with van der Waals surface area (Å²) in [5, 5.41) is 2.96. The van der Waals surface area contributed by atoms with Crippen molar-refractivity contribution in [3.05, 3.63) is 40.4 Å². The van der Waals surface area contributed by atoms with Crippen molar-refractivity contribution in [3.63, 3.8) is 0 Å². The van der Waals surface area contributed by atoms with E-state index in [-0.39, 0.29) is 11.9 Å². The molecule has 3 heterocycles. The normalized spacial score (nSPS) is 18.4. The largest absolute Gasteiger partial charge is 0.334 e. The van der Waals surface area contributed by atoms with Gasteiger partial charge in [-0.15, -0.1) is 11.3 Å². The summed E-state index contributed by atoms with van der Waals surface area (Å²) in [7, 11) is 0. The maximum atomic E-state index is 12.5. The molecule has 2 aromatic rings. The molecule has 0 spiro atoms. The van der Waals surface area contributed by atoms with Gasteiger partial charge in [0.25, 0.3) is 0 Å². The average Bonchev–Trinajstić information content (AvgIpc) is 3.09. The van der Waals surface area contributed by atoms with Crippen LogP contribution in [0, 0.1) is 6.92 Å². The van der Waals surface area contributed by atoms with E-state index < -0.39 is 0 Å². The number of likely N-dealkylation sites (tertiary alicyclic amines) is 1. The maximum Gasteiger partial charge on any atom is 0.229 e. The first-order valence-corrected chi connectivity index (χ1v) is 7.58. The number of nitrogens with zero attached hydrogens (tertiary/aromatic N) is 4. The molecular weight excluding hydrogens is 272 g/mol. The number of amides is 1. The highest BCUT2D eigenvalue weighted by Gasteiger charge is 2.31. The van der Waals surface area contributed by atoms with Gasteiger partial charge in [0.05, 0.1) is 35.1 Å². The molecule has 1 aliphatic rings. The van der Waals surface area contributed by atoms with Gasteiger partial charge in [-0.2, -0.15) is 0 Å². The van der Waals surface area contributed by atoms with E-state index in [1.165, 1.54) is 0 Å². The van der Waals surface area contributed by atoms with Crippen molar-refractivity contribution in [2.75, 3.05) is 6.54 Å². The summed E-state index contributed by atoms with van der Waals surface area (Å²) in [4.78, 5) is 27.2. The van der Waals surface area contributed by atoms with Crippen LogP contribution in [-0.4, -0.2) is 32.3 Å². The smallest absolute Gasteiger partial charge is 0.229 e. The van der Waals surface area contributed by atoms with Crippen LogP contribution in [0.4, 0.5) is 0 Å². The molecule has 0 aliphatic carbocycles. The zero-order valence-corrected chi connectivity index (χ0v) is 12.1. The number of carbonyl (C=O) groups excluding carboxylic acids is 1. The minimum absolute atomic E-state index is 0.0657. The predicted octanol–water partition coefficient (Wildman–Crippen LogP) is 2.15. The van der Waals surface area contributed by atoms with Crippen LogP contribution in [0.5, 0.6) is 0 Å². The molecule has 1 aliphatic heterocycles. The number of thiazole rings is 1. The molecule has 0 saturated carbocycles. The van der Waals surface area contributed by atoms with Gasteiger partial charge in [-0.1, -0.05) is 0 Å². The molecule has 1 amide bonds. The van der Waals surface area contributed by atoms with Crippen molar-refractivity contribution in [2.45, 2.75) is 32.2 Å². The number of carbonyl (C=O) groups is 1. The van der Waals surface area contributed by atoms with Gasteiger partial charge in [-0.05, 0) is 19.8 Å². The van der Waals surface area contributed by atoms with E-state index in [2.05, 4.69) is 15.0 Å². The third-order valence-corrected chi connectivity index (χ3v) is 4.32. The SMILES string of the molecule is Cc1nc(CC(=O)N2CCC[C@H]2c2cnccn2)cs1. The number of aromatic nitrogens is 3. The highest BCUT2D eigenvalue weighted by atomic mass is 32.1. The third-order valence-electron chi connectivity index (χ3n) is 3.50. The second-order valence-corrected chi connectivity index (χ2v) is 5.97. The Morgan fingerprint density at radius 1 is 1.50 bits per heavy atom. The molecule has 0 bridgehead atoms. The quantitative estimate of drug-likeness (QED) is 0.868. The number of hydrogen-bond acceptors (Lipinski definition) is 5. The summed E-state index contributed by atoms with van der Waals surface area (Å²) >= 11 is 1.58. The fourth-order valence-electron chi connectivity index (χ4n) is 2.60. The van der Waals surface area contributed by atoms with Crippen molar-refractivity contribution < 1.29 is 4.79 Å². The van der Waals surface area contributed by atoms with E-state index in [9.17, 15) is 4.79 Å². The first-order chi connectivity index (χ1) is 9.74. The summed E-state index contributed by atoms with van der Waals surface area (Å²) in [5.74, 6) is 0.128. The zero-order valence-electron chi connectivity index (χ0n) is 11.3. The lowest BCUT2D eigenvalue weighted by atomic mass is 10.1. The van der Waals surface area contributed by atoms with Crippen LogP contribution < -0.4 is 0 Å². The number of aryl methyl sites for hydroxylation is 1. The van der Waals surface area contributed by atoms with Gasteiger partial charge in [0.15, 0.2) is 0 Å². The number of rotatable bonds is 3. The third kappa shape index (κ3) is 2.70. The van der Waals surface area contributed by atoms with Crippen LogP contribution in [0.2, 0.25) is 0 Å². The Morgan fingerprint density at radius 3 is 3.10 bits per heavy atom. The molecule has 0 radical (unpaired) electrons. The summed E-state index contributed by atoms with van der Waals surface area (Å²) in [6.07, 6.45) is 7.44. The summed E-state index contributed by atoms with van der Waals surface area (Å²) in [5.41, 5.74) is 1.75. The molecule has 3 rings (SSSR count). The van der Waals surface area contributed by atoms with Crippen molar-refractivity contribution in [1.82, 2.24) is 19.9 Å². The molecule has 1 fully saturated rings. The Bertz CT molecular complexity index is 598. The van der Waals surface area contributed by atoms with Crippen LogP contribution in [0.3, 0.4) is 0 Å². The van der Waals surface area contributed by atoms with Crippen LogP contribution >= 0.6 is 11.3 Å². The Morgan fingerprint density at radius 2 is 2.40 bits per heavy atom. The van der Waals surface area contributed by atoms with Gasteiger partial charge in [-0.3, -0.25) is 14.8 Å². The molecule has 2 aromatic heterocycles. The summed E-state index contributed by atoms with van der Waals surface area (Å²) < 4.78 is 0. The molecule has 0 unspecified atom stereocenters. The van der Waals surface area contributed by atoms with Gasteiger partial charge in [0, 0.05) is 24.3 Å². The average molecular weight is 288 g/mol. The van der Waals surface area contributed by atoms with E-state index in [1.807, 2.05) is 17.2 Å². The Labute approximate surface area is 121 Å². The van der Waals surface area contributed by atoms with Gasteiger partial charge >= 0.3 is 0 Å². The van der Waals surface area contributed by atoms with E-state index in [1.54, 1.807) is 29.9 Å². The number of hydrogen-bond donors (Lipinski definition) is 0. The first kappa shape index (κ1) is 13.2. The molecule has 20 heavy (non-hydrogen) atoms. The molecule has 6 heteroatoms. The molecular formula is C14H16N4OS.